The zero-order valence-corrected chi connectivity index (χ0v) is 13.8. The van der Waals surface area contributed by atoms with Crippen LogP contribution in [0, 0.1) is 11.8 Å². The first-order valence-electron chi connectivity index (χ1n) is 7.19. The van der Waals surface area contributed by atoms with Gasteiger partial charge in [-0.3, -0.25) is 0 Å². The summed E-state index contributed by atoms with van der Waals surface area (Å²) in [5.41, 5.74) is 0.478. The molecule has 124 valence electrons. The van der Waals surface area contributed by atoms with Crippen molar-refractivity contribution < 1.29 is 24.9 Å². The summed E-state index contributed by atoms with van der Waals surface area (Å²) in [4.78, 5) is 15.8. The second kappa shape index (κ2) is 5.91. The van der Waals surface area contributed by atoms with E-state index in [-0.39, 0.29) is 11.6 Å². The number of carbonyl (C=O) groups is 1. The molecule has 2 aromatic rings. The lowest BCUT2D eigenvalue weighted by atomic mass is 10.0. The molecule has 6 nitrogen and oxygen atoms in total. The van der Waals surface area contributed by atoms with E-state index in [2.05, 4.69) is 16.8 Å². The summed E-state index contributed by atoms with van der Waals surface area (Å²) in [6.45, 7) is 3.19. The van der Waals surface area contributed by atoms with E-state index in [1.807, 2.05) is 0 Å². The Bertz CT molecular complexity index is 869. The highest BCUT2D eigenvalue weighted by Crippen LogP contribution is 2.41. The molecule has 24 heavy (non-hydrogen) atoms. The number of fused-ring (bicyclic) bond motifs is 3. The van der Waals surface area contributed by atoms with Gasteiger partial charge >= 0.3 is 5.97 Å². The van der Waals surface area contributed by atoms with E-state index < -0.39 is 17.7 Å². The maximum absolute atomic E-state index is 11.2. The first kappa shape index (κ1) is 16.5. The van der Waals surface area contributed by atoms with Gasteiger partial charge in [0.15, 0.2) is 0 Å². The van der Waals surface area contributed by atoms with Gasteiger partial charge in [0, 0.05) is 11.1 Å². The standard InChI is InChI=1S/C17H15NO5S/c1-17(2,22)6-5-9-3-4-12-10(7-9)13-14(11(19)8-23-12)24-15(18-13)16(20)21/h3-4,7,11,19,22H,8H2,1-2H3,(H,20,21). The van der Waals surface area contributed by atoms with Crippen LogP contribution in [0.4, 0.5) is 0 Å². The molecule has 1 unspecified atom stereocenters. The van der Waals surface area contributed by atoms with Gasteiger partial charge in [-0.25, -0.2) is 9.78 Å². The van der Waals surface area contributed by atoms with Gasteiger partial charge in [0.2, 0.25) is 5.01 Å². The van der Waals surface area contributed by atoms with Crippen molar-refractivity contribution in [3.63, 3.8) is 0 Å². The van der Waals surface area contributed by atoms with Crippen molar-refractivity contribution in [2.45, 2.75) is 25.6 Å². The molecule has 0 spiro atoms. The molecule has 0 bridgehead atoms. The first-order chi connectivity index (χ1) is 11.2. The molecule has 1 aromatic heterocycles. The van der Waals surface area contributed by atoms with Crippen LogP contribution in [0.2, 0.25) is 0 Å². The van der Waals surface area contributed by atoms with Crippen molar-refractivity contribution in [3.05, 3.63) is 33.6 Å². The van der Waals surface area contributed by atoms with Gasteiger partial charge in [-0.15, -0.1) is 11.3 Å². The minimum absolute atomic E-state index is 0.0238. The molecule has 1 aromatic carbocycles. The van der Waals surface area contributed by atoms with Crippen LogP contribution in [-0.2, 0) is 0 Å². The number of aliphatic hydroxyl groups is 2. The van der Waals surface area contributed by atoms with Gasteiger partial charge < -0.3 is 20.1 Å². The van der Waals surface area contributed by atoms with Gasteiger partial charge in [-0.05, 0) is 32.0 Å². The second-order valence-corrected chi connectivity index (χ2v) is 6.91. The summed E-state index contributed by atoms with van der Waals surface area (Å²) in [5, 5.41) is 29.0. The first-order valence-corrected chi connectivity index (χ1v) is 8.01. The lowest BCUT2D eigenvalue weighted by Crippen LogP contribution is -2.14. The van der Waals surface area contributed by atoms with Crippen molar-refractivity contribution in [1.29, 1.82) is 0 Å². The molecular formula is C17H15NO5S. The summed E-state index contributed by atoms with van der Waals surface area (Å²) in [7, 11) is 0. The summed E-state index contributed by atoms with van der Waals surface area (Å²) in [5.74, 6) is 4.95. The largest absolute Gasteiger partial charge is 0.490 e. The van der Waals surface area contributed by atoms with Crippen molar-refractivity contribution in [2.24, 2.45) is 0 Å². The average molecular weight is 345 g/mol. The molecule has 0 radical (unpaired) electrons. The number of rotatable bonds is 1. The Morgan fingerprint density at radius 2 is 2.21 bits per heavy atom. The minimum atomic E-state index is -1.14. The van der Waals surface area contributed by atoms with Crippen LogP contribution >= 0.6 is 11.3 Å². The molecule has 1 aliphatic heterocycles. The maximum Gasteiger partial charge on any atom is 0.365 e. The average Bonchev–Trinajstić information content (AvgIpc) is 2.91. The molecule has 0 fully saturated rings. The summed E-state index contributed by atoms with van der Waals surface area (Å²) in [6.07, 6.45) is -0.941. The molecule has 1 aliphatic rings. The highest BCUT2D eigenvalue weighted by molar-refractivity contribution is 7.14. The van der Waals surface area contributed by atoms with E-state index >= 15 is 0 Å². The Hall–Kier alpha value is -2.40. The summed E-state index contributed by atoms with van der Waals surface area (Å²) < 4.78 is 5.57. The molecule has 7 heteroatoms. The molecular weight excluding hydrogens is 330 g/mol. The summed E-state index contributed by atoms with van der Waals surface area (Å²) >= 11 is 0.935. The van der Waals surface area contributed by atoms with Gasteiger partial charge in [0.05, 0.1) is 10.6 Å². The number of benzene rings is 1. The molecule has 2 heterocycles. The normalized spacial score (nSPS) is 16.1. The zero-order valence-electron chi connectivity index (χ0n) is 13.0. The predicted octanol–water partition coefficient (Wildman–Crippen LogP) is 2.06. The number of nitrogens with zero attached hydrogens (tertiary/aromatic N) is 1. The van der Waals surface area contributed by atoms with Crippen molar-refractivity contribution in [2.75, 3.05) is 6.61 Å². The topological polar surface area (TPSA) is 99.9 Å². The number of carboxylic acid groups (broad SMARTS) is 1. The van der Waals surface area contributed by atoms with Crippen molar-refractivity contribution in [3.8, 4) is 28.8 Å². The molecule has 0 aliphatic carbocycles. The summed E-state index contributed by atoms with van der Waals surface area (Å²) in [6, 6.07) is 5.15. The SMILES string of the molecule is CC(C)(O)C#Cc1ccc2c(c1)-c1nc(C(=O)O)sc1C(O)CO2. The van der Waals surface area contributed by atoms with Crippen LogP contribution in [0.1, 0.15) is 40.2 Å². The fraction of sp³-hybridized carbons (Fsp3) is 0.294. The van der Waals surface area contributed by atoms with Crippen molar-refractivity contribution in [1.82, 2.24) is 4.98 Å². The molecule has 0 amide bonds. The van der Waals surface area contributed by atoms with E-state index in [0.29, 0.717) is 27.4 Å². The van der Waals surface area contributed by atoms with E-state index in [1.54, 1.807) is 32.0 Å². The molecule has 3 N–H and O–H groups in total. The van der Waals surface area contributed by atoms with Gasteiger partial charge in [-0.1, -0.05) is 11.8 Å². The third kappa shape index (κ3) is 3.26. The third-order valence-electron chi connectivity index (χ3n) is 3.28. The van der Waals surface area contributed by atoms with E-state index in [0.717, 1.165) is 11.3 Å². The fourth-order valence-corrected chi connectivity index (χ4v) is 3.12. The van der Waals surface area contributed by atoms with Gasteiger partial charge in [-0.2, -0.15) is 0 Å². The fourth-order valence-electron chi connectivity index (χ4n) is 2.23. The monoisotopic (exact) mass is 345 g/mol. The Morgan fingerprint density at radius 3 is 2.88 bits per heavy atom. The minimum Gasteiger partial charge on any atom is -0.490 e. The highest BCUT2D eigenvalue weighted by atomic mass is 32.1. The molecule has 1 atom stereocenters. The lowest BCUT2D eigenvalue weighted by molar-refractivity contribution is 0.0696. The van der Waals surface area contributed by atoms with E-state index in [9.17, 15) is 15.0 Å². The van der Waals surface area contributed by atoms with Crippen LogP contribution in [0.25, 0.3) is 11.3 Å². The van der Waals surface area contributed by atoms with E-state index in [4.69, 9.17) is 9.84 Å². The Labute approximate surface area is 142 Å². The van der Waals surface area contributed by atoms with Crippen LogP contribution in [0.5, 0.6) is 5.75 Å². The number of ether oxygens (including phenoxy) is 1. The number of aliphatic hydroxyl groups excluding tert-OH is 1. The maximum atomic E-state index is 11.2. The highest BCUT2D eigenvalue weighted by Gasteiger charge is 2.28. The third-order valence-corrected chi connectivity index (χ3v) is 4.43. The molecule has 3 rings (SSSR count). The van der Waals surface area contributed by atoms with E-state index in [1.165, 1.54) is 0 Å². The van der Waals surface area contributed by atoms with Crippen molar-refractivity contribution >= 4 is 17.3 Å². The van der Waals surface area contributed by atoms with Crippen LogP contribution in [-0.4, -0.2) is 38.5 Å². The van der Waals surface area contributed by atoms with Crippen LogP contribution in [0.3, 0.4) is 0 Å². The number of aromatic nitrogens is 1. The Balaban J connectivity index is 2.14. The Morgan fingerprint density at radius 1 is 1.46 bits per heavy atom. The quantitative estimate of drug-likeness (QED) is 0.684. The smallest absolute Gasteiger partial charge is 0.365 e. The van der Waals surface area contributed by atoms with Crippen LogP contribution < -0.4 is 4.74 Å². The van der Waals surface area contributed by atoms with Crippen LogP contribution in [0.15, 0.2) is 18.2 Å². The number of hydrogen-bond donors (Lipinski definition) is 3. The second-order valence-electron chi connectivity index (χ2n) is 5.88. The number of thiazole rings is 1. The predicted molar refractivity (Wildman–Crippen MR) is 88.1 cm³/mol. The number of carboxylic acids is 1. The molecule has 0 saturated carbocycles. The number of aromatic carboxylic acids is 1. The van der Waals surface area contributed by atoms with Gasteiger partial charge in [0.25, 0.3) is 0 Å². The molecule has 0 saturated heterocycles. The van der Waals surface area contributed by atoms with Gasteiger partial charge in [0.1, 0.15) is 24.1 Å². The lowest BCUT2D eigenvalue weighted by Gasteiger charge is -2.09. The number of hydrogen-bond acceptors (Lipinski definition) is 6. The zero-order chi connectivity index (χ0) is 17.5. The Kier molecular flexibility index (Phi) is 4.05.